The number of nitrogens with one attached hydrogen (secondary N) is 2. The summed E-state index contributed by atoms with van der Waals surface area (Å²) in [6.07, 6.45) is 9.10. The number of ketones is 1. The second kappa shape index (κ2) is 13.3. The Kier molecular flexibility index (Phi) is 10.2. The second-order valence-electron chi connectivity index (χ2n) is 10.3. The van der Waals surface area contributed by atoms with Gasteiger partial charge in [-0.1, -0.05) is 50.6 Å². The first-order valence-corrected chi connectivity index (χ1v) is 13.1. The summed E-state index contributed by atoms with van der Waals surface area (Å²) in [7, 11) is 0. The number of aliphatic hydroxyl groups excluding tert-OH is 1. The van der Waals surface area contributed by atoms with Crippen LogP contribution >= 0.6 is 0 Å². The zero-order chi connectivity index (χ0) is 27.8. The highest BCUT2D eigenvalue weighted by atomic mass is 16.5. The van der Waals surface area contributed by atoms with Crippen LogP contribution in [0.2, 0.25) is 0 Å². The van der Waals surface area contributed by atoms with Gasteiger partial charge < -0.3 is 25.0 Å². The van der Waals surface area contributed by atoms with Crippen LogP contribution < -0.4 is 5.32 Å². The molecule has 10 nitrogen and oxygen atoms in total. The second-order valence-corrected chi connectivity index (χ2v) is 10.3. The normalized spacial score (nSPS) is 27.5. The first kappa shape index (κ1) is 29.0. The summed E-state index contributed by atoms with van der Waals surface area (Å²) >= 11 is 0. The SMILES string of the molecule is CC1=C[C@@H](O)CC(=O)Cc2ncc([nH]2)C(=O)N2CCC[C@@H]2C(=O)O[C@H](C(C)C)[C@H](C)/C=C/C(=O)NCC=C1. The van der Waals surface area contributed by atoms with E-state index in [1.807, 2.05) is 20.8 Å². The van der Waals surface area contributed by atoms with Crippen molar-refractivity contribution in [3.63, 3.8) is 0 Å². The standard InChI is InChI=1S/C28H38N4O6/c1-17(2)26-19(4)9-10-25(35)29-11-5-7-18(3)13-20(33)14-21(34)15-24-30-16-22(31-24)27(36)32-12-6-8-23(32)28(37)38-26/h5,7,9-10,13,16-17,19-20,23,26,33H,6,8,11-12,14-15H2,1-4H3,(H,29,35)(H,30,31)/b7-5?,10-9+,18-13?/t19-,20-,23-,26-/m1/s1. The van der Waals surface area contributed by atoms with Crippen molar-refractivity contribution in [2.75, 3.05) is 13.1 Å². The number of esters is 1. The van der Waals surface area contributed by atoms with E-state index in [-0.39, 0.29) is 54.5 Å². The Morgan fingerprint density at radius 3 is 2.68 bits per heavy atom. The van der Waals surface area contributed by atoms with Crippen LogP contribution in [-0.2, 0) is 25.5 Å². The summed E-state index contributed by atoms with van der Waals surface area (Å²) in [4.78, 5) is 59.7. The molecule has 1 aromatic heterocycles. The van der Waals surface area contributed by atoms with Gasteiger partial charge in [0.1, 0.15) is 29.4 Å². The van der Waals surface area contributed by atoms with Gasteiger partial charge in [-0.3, -0.25) is 14.4 Å². The third kappa shape index (κ3) is 7.98. The van der Waals surface area contributed by atoms with Gasteiger partial charge in [0, 0.05) is 25.4 Å². The fraction of sp³-hybridized carbons (Fsp3) is 0.536. The molecule has 3 heterocycles. The predicted molar refractivity (Wildman–Crippen MR) is 141 cm³/mol. The number of H-pyrrole nitrogens is 1. The maximum atomic E-state index is 13.2. The number of aromatic amines is 1. The average Bonchev–Trinajstić information content (AvgIpc) is 3.52. The van der Waals surface area contributed by atoms with Crippen molar-refractivity contribution in [3.8, 4) is 0 Å². The molecule has 206 valence electrons. The molecule has 1 fully saturated rings. The summed E-state index contributed by atoms with van der Waals surface area (Å²) in [5, 5.41) is 13.0. The minimum atomic E-state index is -0.978. The van der Waals surface area contributed by atoms with E-state index in [0.717, 1.165) is 5.57 Å². The number of imidazole rings is 1. The fourth-order valence-corrected chi connectivity index (χ4v) is 4.76. The molecule has 4 atom stereocenters. The highest BCUT2D eigenvalue weighted by Gasteiger charge is 2.38. The van der Waals surface area contributed by atoms with Crippen molar-refractivity contribution in [3.05, 3.63) is 53.7 Å². The Hall–Kier alpha value is -3.53. The topological polar surface area (TPSA) is 142 Å². The van der Waals surface area contributed by atoms with Gasteiger partial charge in [0.05, 0.1) is 18.7 Å². The highest BCUT2D eigenvalue weighted by molar-refractivity contribution is 5.95. The summed E-state index contributed by atoms with van der Waals surface area (Å²) in [5.41, 5.74) is 0.935. The van der Waals surface area contributed by atoms with Crippen molar-refractivity contribution in [2.24, 2.45) is 11.8 Å². The molecule has 1 aromatic rings. The molecule has 1 saturated heterocycles. The molecule has 0 radical (unpaired) electrons. The summed E-state index contributed by atoms with van der Waals surface area (Å²) < 4.78 is 5.89. The minimum Gasteiger partial charge on any atom is -0.460 e. The van der Waals surface area contributed by atoms with E-state index in [4.69, 9.17) is 4.74 Å². The Bertz CT molecular complexity index is 1120. The number of hydrogen-bond donors (Lipinski definition) is 3. The van der Waals surface area contributed by atoms with E-state index in [9.17, 15) is 24.3 Å². The van der Waals surface area contributed by atoms with Gasteiger partial charge in [-0.05, 0) is 31.8 Å². The van der Waals surface area contributed by atoms with Crippen LogP contribution in [0.1, 0.15) is 63.3 Å². The molecule has 0 unspecified atom stereocenters. The number of nitrogens with zero attached hydrogens (tertiary/aromatic N) is 2. The van der Waals surface area contributed by atoms with Gasteiger partial charge in [0.2, 0.25) is 5.91 Å². The molecule has 0 spiro atoms. The van der Waals surface area contributed by atoms with E-state index < -0.39 is 24.2 Å². The number of hydrogen-bond acceptors (Lipinski definition) is 7. The van der Waals surface area contributed by atoms with E-state index in [1.165, 1.54) is 17.2 Å². The molecule has 2 aliphatic rings. The summed E-state index contributed by atoms with van der Waals surface area (Å²) in [6, 6.07) is -0.727. The third-order valence-corrected chi connectivity index (χ3v) is 6.65. The molecule has 2 aliphatic heterocycles. The largest absolute Gasteiger partial charge is 0.460 e. The summed E-state index contributed by atoms with van der Waals surface area (Å²) in [5.74, 6) is -1.31. The number of cyclic esters (lactones) is 1. The molecule has 3 N–H and O–H groups in total. The smallest absolute Gasteiger partial charge is 0.329 e. The number of carbonyl (C=O) groups excluding carboxylic acids is 4. The van der Waals surface area contributed by atoms with Crippen LogP contribution in [0.5, 0.6) is 0 Å². The Morgan fingerprint density at radius 2 is 1.95 bits per heavy atom. The Balaban J connectivity index is 1.85. The van der Waals surface area contributed by atoms with E-state index in [1.54, 1.807) is 31.2 Å². The zero-order valence-electron chi connectivity index (χ0n) is 22.5. The number of rotatable bonds is 1. The minimum absolute atomic E-state index is 0.0116. The number of allylic oxidation sites excluding steroid dienone is 2. The lowest BCUT2D eigenvalue weighted by Crippen LogP contribution is -2.44. The van der Waals surface area contributed by atoms with Crippen LogP contribution in [0.15, 0.2) is 42.2 Å². The van der Waals surface area contributed by atoms with Crippen molar-refractivity contribution in [1.29, 1.82) is 0 Å². The van der Waals surface area contributed by atoms with Crippen molar-refractivity contribution < 1.29 is 29.0 Å². The van der Waals surface area contributed by atoms with Crippen LogP contribution in [0.3, 0.4) is 0 Å². The lowest BCUT2D eigenvalue weighted by molar-refractivity contribution is -0.158. The first-order valence-electron chi connectivity index (χ1n) is 13.1. The van der Waals surface area contributed by atoms with Crippen LogP contribution in [0.4, 0.5) is 0 Å². The Morgan fingerprint density at radius 1 is 1.18 bits per heavy atom. The van der Waals surface area contributed by atoms with Gasteiger partial charge >= 0.3 is 5.97 Å². The van der Waals surface area contributed by atoms with Gasteiger partial charge in [-0.15, -0.1) is 0 Å². The van der Waals surface area contributed by atoms with Crippen LogP contribution in [0, 0.1) is 11.8 Å². The third-order valence-electron chi connectivity index (χ3n) is 6.65. The molecular formula is C28H38N4O6. The number of carbonyl (C=O) groups is 4. The lowest BCUT2D eigenvalue weighted by Gasteiger charge is -2.29. The van der Waals surface area contributed by atoms with E-state index >= 15 is 0 Å². The quantitative estimate of drug-likeness (QED) is 0.477. The maximum Gasteiger partial charge on any atom is 0.329 e. The number of fused-ring (bicyclic) bond motifs is 3. The molecule has 2 amide bonds. The number of ether oxygens (including phenoxy) is 1. The van der Waals surface area contributed by atoms with Crippen LogP contribution in [0.25, 0.3) is 0 Å². The predicted octanol–water partition coefficient (Wildman–Crippen LogP) is 2.27. The lowest BCUT2D eigenvalue weighted by atomic mass is 9.94. The zero-order valence-corrected chi connectivity index (χ0v) is 22.5. The van der Waals surface area contributed by atoms with Crippen LogP contribution in [-0.4, -0.2) is 74.9 Å². The molecule has 0 aromatic carbocycles. The molecule has 2 bridgehead atoms. The summed E-state index contributed by atoms with van der Waals surface area (Å²) in [6.45, 7) is 8.24. The molecule has 10 heteroatoms. The van der Waals surface area contributed by atoms with Crippen molar-refractivity contribution in [2.45, 2.75) is 71.6 Å². The molecule has 3 rings (SSSR count). The first-order chi connectivity index (χ1) is 18.0. The van der Waals surface area contributed by atoms with Crippen molar-refractivity contribution >= 4 is 23.6 Å². The fourth-order valence-electron chi connectivity index (χ4n) is 4.76. The monoisotopic (exact) mass is 526 g/mol. The average molecular weight is 527 g/mol. The van der Waals surface area contributed by atoms with Gasteiger partial charge in [0.15, 0.2) is 0 Å². The van der Waals surface area contributed by atoms with Gasteiger partial charge in [-0.25, -0.2) is 9.78 Å². The number of amides is 2. The molecular weight excluding hydrogens is 488 g/mol. The number of aromatic nitrogens is 2. The maximum absolute atomic E-state index is 13.2. The Labute approximate surface area is 223 Å². The van der Waals surface area contributed by atoms with Gasteiger partial charge in [0.25, 0.3) is 5.91 Å². The van der Waals surface area contributed by atoms with Gasteiger partial charge in [-0.2, -0.15) is 0 Å². The molecule has 0 saturated carbocycles. The van der Waals surface area contributed by atoms with E-state index in [2.05, 4.69) is 15.3 Å². The van der Waals surface area contributed by atoms with E-state index in [0.29, 0.717) is 25.2 Å². The molecule has 38 heavy (non-hydrogen) atoms. The number of Topliss-reactive ketones (excluding diaryl/α,β-unsaturated/α-hetero) is 1. The number of aliphatic hydroxyl groups is 1. The molecule has 0 aliphatic carbocycles. The highest BCUT2D eigenvalue weighted by Crippen LogP contribution is 2.25. The van der Waals surface area contributed by atoms with Crippen molar-refractivity contribution in [1.82, 2.24) is 20.2 Å².